The lowest BCUT2D eigenvalue weighted by molar-refractivity contribution is -0.137. The Morgan fingerprint density at radius 1 is 1.03 bits per heavy atom. The summed E-state index contributed by atoms with van der Waals surface area (Å²) in [4.78, 5) is 7.92. The van der Waals surface area contributed by atoms with Gasteiger partial charge in [-0.05, 0) is 31.2 Å². The molecule has 1 N–H and O–H groups in total. The molecule has 0 amide bonds. The minimum atomic E-state index is -4.85. The number of nitrogens with zero attached hydrogens (tertiary/aromatic N) is 4. The number of aliphatic imine (C=N–C) groups is 1. The summed E-state index contributed by atoms with van der Waals surface area (Å²) in [5.41, 5.74) is -1.40. The van der Waals surface area contributed by atoms with Gasteiger partial charge in [0.15, 0.2) is 0 Å². The Kier molecular flexibility index (Phi) is 6.13. The van der Waals surface area contributed by atoms with E-state index >= 15 is 0 Å². The third-order valence-corrected chi connectivity index (χ3v) is 6.83. The van der Waals surface area contributed by atoms with E-state index in [4.69, 9.17) is 23.2 Å². The Morgan fingerprint density at radius 3 is 2.35 bits per heavy atom. The maximum atomic E-state index is 13.3. The fourth-order valence-corrected chi connectivity index (χ4v) is 4.76. The number of halogens is 5. The third-order valence-electron chi connectivity index (χ3n) is 4.94. The zero-order chi connectivity index (χ0) is 24.7. The van der Waals surface area contributed by atoms with E-state index in [0.29, 0.717) is 11.6 Å². The molecule has 4 rings (SSSR count). The van der Waals surface area contributed by atoms with Crippen molar-refractivity contribution in [1.82, 2.24) is 4.98 Å². The highest BCUT2D eigenvalue weighted by atomic mass is 35.5. The Bertz CT molecular complexity index is 1410. The molecule has 0 aliphatic carbocycles. The van der Waals surface area contributed by atoms with E-state index in [0.717, 1.165) is 17.7 Å². The standard InChI is InChI=1S/C21H14Cl2F3N5O2S/c1-12-2-4-13(5-3-12)20(28-11-29-31-20)19-18(8-14(22)10-27-19)30-34(32,33)15-6-7-17(23)16(9-15)21(24,25)26/h2-11,30H,1H3. The fraction of sp³-hybridized carbons (Fsp3) is 0.143. The number of pyridine rings is 1. The largest absolute Gasteiger partial charge is 0.417 e. The van der Waals surface area contributed by atoms with Crippen LogP contribution >= 0.6 is 23.2 Å². The molecule has 1 aliphatic rings. The predicted octanol–water partition coefficient (Wildman–Crippen LogP) is 6.21. The Morgan fingerprint density at radius 2 is 1.74 bits per heavy atom. The van der Waals surface area contributed by atoms with Gasteiger partial charge in [0.25, 0.3) is 10.0 Å². The van der Waals surface area contributed by atoms with Crippen molar-refractivity contribution >= 4 is 45.3 Å². The molecule has 1 unspecified atom stereocenters. The van der Waals surface area contributed by atoms with E-state index in [-0.39, 0.29) is 16.4 Å². The van der Waals surface area contributed by atoms with Crippen LogP contribution in [0.5, 0.6) is 0 Å². The van der Waals surface area contributed by atoms with Crippen molar-refractivity contribution in [3.05, 3.63) is 87.2 Å². The van der Waals surface area contributed by atoms with Crippen LogP contribution in [0.2, 0.25) is 10.0 Å². The van der Waals surface area contributed by atoms with Crippen LogP contribution in [0.1, 0.15) is 22.4 Å². The van der Waals surface area contributed by atoms with E-state index in [1.165, 1.54) is 18.6 Å². The van der Waals surface area contributed by atoms with Gasteiger partial charge in [0, 0.05) is 11.8 Å². The molecule has 2 heterocycles. The highest BCUT2D eigenvalue weighted by Gasteiger charge is 2.41. The number of benzene rings is 2. The number of azo groups is 1. The lowest BCUT2D eigenvalue weighted by Crippen LogP contribution is -2.26. The average molecular weight is 528 g/mol. The van der Waals surface area contributed by atoms with Gasteiger partial charge in [0.2, 0.25) is 5.66 Å². The third kappa shape index (κ3) is 4.50. The van der Waals surface area contributed by atoms with E-state index < -0.39 is 37.3 Å². The molecule has 0 fully saturated rings. The van der Waals surface area contributed by atoms with Crippen LogP contribution in [0.15, 0.2) is 74.8 Å². The molecule has 176 valence electrons. The molecular weight excluding hydrogens is 514 g/mol. The average Bonchev–Trinajstić information content (AvgIpc) is 3.24. The van der Waals surface area contributed by atoms with E-state index in [1.54, 1.807) is 12.1 Å². The number of hydrogen-bond acceptors (Lipinski definition) is 6. The molecule has 7 nitrogen and oxygen atoms in total. The molecule has 0 saturated heterocycles. The molecule has 1 aliphatic heterocycles. The van der Waals surface area contributed by atoms with E-state index in [2.05, 4.69) is 24.9 Å². The first kappa shape index (κ1) is 24.1. The van der Waals surface area contributed by atoms with Crippen LogP contribution < -0.4 is 4.72 Å². The van der Waals surface area contributed by atoms with E-state index in [9.17, 15) is 21.6 Å². The van der Waals surface area contributed by atoms with Gasteiger partial charge >= 0.3 is 6.18 Å². The second-order valence-electron chi connectivity index (χ2n) is 7.29. The number of aryl methyl sites for hydroxylation is 1. The normalized spacial score (nSPS) is 17.8. The number of sulfonamides is 1. The summed E-state index contributed by atoms with van der Waals surface area (Å²) in [7, 11) is -4.53. The maximum absolute atomic E-state index is 13.3. The number of rotatable bonds is 5. The topological polar surface area (TPSA) is 96.1 Å². The van der Waals surface area contributed by atoms with Crippen LogP contribution in [0, 0.1) is 6.92 Å². The number of aromatic nitrogens is 1. The Hall–Kier alpha value is -3.02. The summed E-state index contributed by atoms with van der Waals surface area (Å²) >= 11 is 11.7. The van der Waals surface area contributed by atoms with Gasteiger partial charge in [-0.15, -0.1) is 10.2 Å². The van der Waals surface area contributed by atoms with Gasteiger partial charge < -0.3 is 0 Å². The summed E-state index contributed by atoms with van der Waals surface area (Å²) in [5, 5.41) is 7.45. The molecule has 0 radical (unpaired) electrons. The summed E-state index contributed by atoms with van der Waals surface area (Å²) in [6.07, 6.45) is -2.37. The van der Waals surface area contributed by atoms with Gasteiger partial charge in [0.05, 0.1) is 26.2 Å². The number of alkyl halides is 3. The molecule has 34 heavy (non-hydrogen) atoms. The van der Waals surface area contributed by atoms with Crippen molar-refractivity contribution < 1.29 is 21.6 Å². The van der Waals surface area contributed by atoms with Crippen molar-refractivity contribution in [3.63, 3.8) is 0 Å². The zero-order valence-electron chi connectivity index (χ0n) is 17.2. The number of anilines is 1. The summed E-state index contributed by atoms with van der Waals surface area (Å²) in [6, 6.07) is 10.6. The van der Waals surface area contributed by atoms with Gasteiger partial charge in [-0.1, -0.05) is 53.0 Å². The first-order valence-corrected chi connectivity index (χ1v) is 11.7. The fourth-order valence-electron chi connectivity index (χ4n) is 3.30. The van der Waals surface area contributed by atoms with Crippen LogP contribution in [0.25, 0.3) is 0 Å². The molecular formula is C21H14Cl2F3N5O2S. The summed E-state index contributed by atoms with van der Waals surface area (Å²) < 4.78 is 68.2. The molecule has 3 aromatic rings. The van der Waals surface area contributed by atoms with Crippen LogP contribution in [0.3, 0.4) is 0 Å². The van der Waals surface area contributed by atoms with Crippen molar-refractivity contribution in [3.8, 4) is 0 Å². The molecule has 2 aromatic carbocycles. The van der Waals surface area contributed by atoms with Crippen LogP contribution in [-0.4, -0.2) is 19.7 Å². The highest BCUT2D eigenvalue weighted by molar-refractivity contribution is 7.92. The maximum Gasteiger partial charge on any atom is 0.417 e. The second-order valence-corrected chi connectivity index (χ2v) is 9.82. The zero-order valence-corrected chi connectivity index (χ0v) is 19.5. The predicted molar refractivity (Wildman–Crippen MR) is 122 cm³/mol. The van der Waals surface area contributed by atoms with Gasteiger partial charge in [-0.2, -0.15) is 13.2 Å². The van der Waals surface area contributed by atoms with Crippen molar-refractivity contribution in [2.75, 3.05) is 4.72 Å². The van der Waals surface area contributed by atoms with Gasteiger partial charge in [-0.25, -0.2) is 13.4 Å². The molecule has 0 saturated carbocycles. The first-order chi connectivity index (χ1) is 15.9. The molecule has 0 bridgehead atoms. The SMILES string of the molecule is Cc1ccc(C2(c3ncc(Cl)cc3NS(=O)(=O)c3ccc(Cl)c(C(F)(F)F)c3)N=CN=N2)cc1. The molecule has 1 aromatic heterocycles. The van der Waals surface area contributed by atoms with Gasteiger partial charge in [-0.3, -0.25) is 9.71 Å². The molecule has 13 heteroatoms. The lowest BCUT2D eigenvalue weighted by Gasteiger charge is -2.24. The highest BCUT2D eigenvalue weighted by Crippen LogP contribution is 2.42. The quantitative estimate of drug-likeness (QED) is 0.427. The smallest absolute Gasteiger partial charge is 0.278 e. The Labute approximate surface area is 202 Å². The minimum absolute atomic E-state index is 0.0341. The van der Waals surface area contributed by atoms with Crippen molar-refractivity contribution in [2.24, 2.45) is 15.2 Å². The van der Waals surface area contributed by atoms with Crippen LogP contribution in [0.4, 0.5) is 18.9 Å². The molecule has 0 spiro atoms. The monoisotopic (exact) mass is 527 g/mol. The van der Waals surface area contributed by atoms with Crippen LogP contribution in [-0.2, 0) is 21.9 Å². The van der Waals surface area contributed by atoms with Crippen molar-refractivity contribution in [1.29, 1.82) is 0 Å². The second kappa shape index (κ2) is 8.64. The summed E-state index contributed by atoms with van der Waals surface area (Å²) in [6.45, 7) is 1.89. The first-order valence-electron chi connectivity index (χ1n) is 9.51. The minimum Gasteiger partial charge on any atom is -0.278 e. The lowest BCUT2D eigenvalue weighted by atomic mass is 9.95. The van der Waals surface area contributed by atoms with Crippen molar-refractivity contribution in [2.45, 2.75) is 23.7 Å². The Balaban J connectivity index is 1.83. The summed E-state index contributed by atoms with van der Waals surface area (Å²) in [5.74, 6) is 0. The molecule has 1 atom stereocenters. The van der Waals surface area contributed by atoms with E-state index in [1.807, 2.05) is 19.1 Å². The number of nitrogens with one attached hydrogen (secondary N) is 1. The van der Waals surface area contributed by atoms with Gasteiger partial charge in [0.1, 0.15) is 12.0 Å². The number of hydrogen-bond donors (Lipinski definition) is 1.